The minimum atomic E-state index is 0.366. The molecule has 0 aromatic carbocycles. The maximum Gasteiger partial charge on any atom is 0.0622 e. The van der Waals surface area contributed by atoms with Crippen LogP contribution in [-0.2, 0) is 4.74 Å². The second-order valence-corrected chi connectivity index (χ2v) is 4.26. The van der Waals surface area contributed by atoms with Crippen LogP contribution in [0, 0.1) is 0 Å². The highest BCUT2D eigenvalue weighted by Crippen LogP contribution is 2.42. The van der Waals surface area contributed by atoms with Crippen molar-refractivity contribution in [2.24, 2.45) is 5.73 Å². The molecule has 76 valence electrons. The van der Waals surface area contributed by atoms with Crippen molar-refractivity contribution in [2.45, 2.75) is 37.8 Å². The number of hydrogen-bond donors (Lipinski definition) is 1. The zero-order valence-electron chi connectivity index (χ0n) is 8.46. The van der Waals surface area contributed by atoms with E-state index in [0.29, 0.717) is 11.6 Å². The summed E-state index contributed by atoms with van der Waals surface area (Å²) >= 11 is 0. The van der Waals surface area contributed by atoms with Crippen molar-refractivity contribution in [1.29, 1.82) is 0 Å². The fourth-order valence-electron chi connectivity index (χ4n) is 2.37. The van der Waals surface area contributed by atoms with Crippen LogP contribution in [0.1, 0.15) is 26.2 Å². The largest absolute Gasteiger partial charge is 0.378 e. The van der Waals surface area contributed by atoms with E-state index in [-0.39, 0.29) is 0 Å². The molecule has 1 atom stereocenters. The predicted octanol–water partition coefficient (Wildman–Crippen LogP) is 0.588. The predicted molar refractivity (Wildman–Crippen MR) is 52.6 cm³/mol. The van der Waals surface area contributed by atoms with Gasteiger partial charge in [0.2, 0.25) is 0 Å². The minimum absolute atomic E-state index is 0.366. The van der Waals surface area contributed by atoms with Crippen LogP contribution in [0.3, 0.4) is 0 Å². The Labute approximate surface area is 80.2 Å². The van der Waals surface area contributed by atoms with E-state index in [9.17, 15) is 0 Å². The number of ether oxygens (including phenoxy) is 1. The zero-order chi connectivity index (χ0) is 9.31. The highest BCUT2D eigenvalue weighted by molar-refractivity contribution is 5.06. The lowest BCUT2D eigenvalue weighted by Crippen LogP contribution is -2.54. The molecule has 2 rings (SSSR count). The summed E-state index contributed by atoms with van der Waals surface area (Å²) in [5, 5.41) is 0. The molecule has 1 saturated carbocycles. The molecule has 0 amide bonds. The first-order valence-electron chi connectivity index (χ1n) is 5.37. The van der Waals surface area contributed by atoms with E-state index in [2.05, 4.69) is 11.8 Å². The second-order valence-electron chi connectivity index (χ2n) is 4.26. The Bertz CT molecular complexity index is 180. The molecule has 2 N–H and O–H groups in total. The van der Waals surface area contributed by atoms with Crippen molar-refractivity contribution >= 4 is 0 Å². The lowest BCUT2D eigenvalue weighted by molar-refractivity contribution is -0.0352. The lowest BCUT2D eigenvalue weighted by atomic mass is 10.1. The van der Waals surface area contributed by atoms with E-state index in [1.54, 1.807) is 0 Å². The molecular weight excluding hydrogens is 164 g/mol. The molecule has 13 heavy (non-hydrogen) atoms. The average Bonchev–Trinajstić information content (AvgIpc) is 2.98. The van der Waals surface area contributed by atoms with Crippen molar-refractivity contribution in [1.82, 2.24) is 4.90 Å². The molecule has 0 radical (unpaired) electrons. The van der Waals surface area contributed by atoms with Gasteiger partial charge in [-0.05, 0) is 19.3 Å². The SMILES string of the molecule is CCC1COCCN1C1(CN)CC1. The molecular formula is C10H20N2O. The molecule has 1 unspecified atom stereocenters. The summed E-state index contributed by atoms with van der Waals surface area (Å²) in [6, 6.07) is 0.611. The van der Waals surface area contributed by atoms with Gasteiger partial charge in [-0.25, -0.2) is 0 Å². The van der Waals surface area contributed by atoms with Gasteiger partial charge in [0.25, 0.3) is 0 Å². The highest BCUT2D eigenvalue weighted by Gasteiger charge is 2.49. The smallest absolute Gasteiger partial charge is 0.0622 e. The first kappa shape index (κ1) is 9.44. The summed E-state index contributed by atoms with van der Waals surface area (Å²) in [7, 11) is 0. The molecule has 2 fully saturated rings. The van der Waals surface area contributed by atoms with Gasteiger partial charge in [0, 0.05) is 24.7 Å². The van der Waals surface area contributed by atoms with Gasteiger partial charge in [0.15, 0.2) is 0 Å². The molecule has 1 saturated heterocycles. The molecule has 1 heterocycles. The summed E-state index contributed by atoms with van der Waals surface area (Å²) in [6.45, 7) is 5.93. The van der Waals surface area contributed by atoms with Crippen molar-refractivity contribution in [2.75, 3.05) is 26.3 Å². The monoisotopic (exact) mass is 184 g/mol. The van der Waals surface area contributed by atoms with Gasteiger partial charge in [-0.3, -0.25) is 4.90 Å². The fraction of sp³-hybridized carbons (Fsp3) is 1.00. The summed E-state index contributed by atoms with van der Waals surface area (Å²) in [4.78, 5) is 2.59. The third-order valence-corrected chi connectivity index (χ3v) is 3.52. The van der Waals surface area contributed by atoms with Gasteiger partial charge in [-0.2, -0.15) is 0 Å². The normalized spacial score (nSPS) is 33.2. The van der Waals surface area contributed by atoms with E-state index in [1.807, 2.05) is 0 Å². The first-order valence-corrected chi connectivity index (χ1v) is 5.37. The minimum Gasteiger partial charge on any atom is -0.378 e. The maximum atomic E-state index is 5.83. The molecule has 1 aliphatic heterocycles. The van der Waals surface area contributed by atoms with E-state index in [0.717, 1.165) is 26.3 Å². The number of hydrogen-bond acceptors (Lipinski definition) is 3. The van der Waals surface area contributed by atoms with E-state index >= 15 is 0 Å². The Kier molecular flexibility index (Phi) is 2.58. The van der Waals surface area contributed by atoms with Crippen LogP contribution < -0.4 is 5.73 Å². The third-order valence-electron chi connectivity index (χ3n) is 3.52. The van der Waals surface area contributed by atoms with Crippen LogP contribution >= 0.6 is 0 Å². The zero-order valence-corrected chi connectivity index (χ0v) is 8.46. The quantitative estimate of drug-likeness (QED) is 0.697. The highest BCUT2D eigenvalue weighted by atomic mass is 16.5. The molecule has 3 nitrogen and oxygen atoms in total. The molecule has 0 spiro atoms. The van der Waals surface area contributed by atoms with Crippen molar-refractivity contribution in [3.05, 3.63) is 0 Å². The van der Waals surface area contributed by atoms with Crippen molar-refractivity contribution in [3.8, 4) is 0 Å². The number of nitrogens with zero attached hydrogens (tertiary/aromatic N) is 1. The third kappa shape index (κ3) is 1.60. The number of morpholine rings is 1. The topological polar surface area (TPSA) is 38.5 Å². The number of rotatable bonds is 3. The van der Waals surface area contributed by atoms with Gasteiger partial charge in [0.05, 0.1) is 13.2 Å². The Morgan fingerprint density at radius 2 is 2.31 bits per heavy atom. The number of nitrogens with two attached hydrogens (primary N) is 1. The average molecular weight is 184 g/mol. The van der Waals surface area contributed by atoms with Crippen molar-refractivity contribution in [3.63, 3.8) is 0 Å². The Hall–Kier alpha value is -0.120. The molecule has 1 aliphatic carbocycles. The van der Waals surface area contributed by atoms with Crippen LogP contribution in [-0.4, -0.2) is 42.8 Å². The van der Waals surface area contributed by atoms with Crippen LogP contribution in [0.25, 0.3) is 0 Å². The standard InChI is InChI=1S/C10H20N2O/c1-2-9-7-13-6-5-12(9)10(8-11)3-4-10/h9H,2-8,11H2,1H3. The van der Waals surface area contributed by atoms with Crippen LogP contribution in [0.4, 0.5) is 0 Å². The Balaban J connectivity index is 2.02. The first-order chi connectivity index (χ1) is 6.32. The summed E-state index contributed by atoms with van der Waals surface area (Å²) in [5.41, 5.74) is 6.20. The van der Waals surface area contributed by atoms with E-state index in [4.69, 9.17) is 10.5 Å². The summed E-state index contributed by atoms with van der Waals surface area (Å²) in [6.07, 6.45) is 3.77. The molecule has 2 aliphatic rings. The van der Waals surface area contributed by atoms with Gasteiger partial charge in [0.1, 0.15) is 0 Å². The van der Waals surface area contributed by atoms with Gasteiger partial charge in [-0.15, -0.1) is 0 Å². The maximum absolute atomic E-state index is 5.83. The molecule has 0 aromatic rings. The summed E-state index contributed by atoms with van der Waals surface area (Å²) in [5.74, 6) is 0. The Morgan fingerprint density at radius 1 is 1.54 bits per heavy atom. The van der Waals surface area contributed by atoms with Gasteiger partial charge < -0.3 is 10.5 Å². The van der Waals surface area contributed by atoms with Crippen LogP contribution in [0.15, 0.2) is 0 Å². The molecule has 0 aromatic heterocycles. The molecule has 0 bridgehead atoms. The van der Waals surface area contributed by atoms with Crippen LogP contribution in [0.5, 0.6) is 0 Å². The van der Waals surface area contributed by atoms with Gasteiger partial charge >= 0.3 is 0 Å². The second kappa shape index (κ2) is 3.56. The lowest BCUT2D eigenvalue weighted by Gasteiger charge is -2.40. The fourth-order valence-corrected chi connectivity index (χ4v) is 2.37. The van der Waals surface area contributed by atoms with Crippen molar-refractivity contribution < 1.29 is 4.74 Å². The van der Waals surface area contributed by atoms with E-state index < -0.39 is 0 Å². The van der Waals surface area contributed by atoms with Crippen LogP contribution in [0.2, 0.25) is 0 Å². The summed E-state index contributed by atoms with van der Waals surface area (Å²) < 4.78 is 5.49. The molecule has 3 heteroatoms. The van der Waals surface area contributed by atoms with E-state index in [1.165, 1.54) is 19.3 Å². The Morgan fingerprint density at radius 3 is 2.85 bits per heavy atom. The van der Waals surface area contributed by atoms with Gasteiger partial charge in [-0.1, -0.05) is 6.92 Å².